The van der Waals surface area contributed by atoms with E-state index >= 15 is 0 Å². The summed E-state index contributed by atoms with van der Waals surface area (Å²) in [5.74, 6) is 1.45. The second-order valence-corrected chi connectivity index (χ2v) is 7.62. The number of fused-ring (bicyclic) bond motifs is 1. The summed E-state index contributed by atoms with van der Waals surface area (Å²) >= 11 is 0. The SMILES string of the molecule is NCCCCN1CCC(c2cnc(N=C3Cc4ccccc4N3)[nH]c2=O)CC1. The number of aliphatic imine (C=N–C) groups is 1. The zero-order chi connectivity index (χ0) is 19.3. The molecule has 2 aromatic rings. The molecule has 2 aliphatic heterocycles. The van der Waals surface area contributed by atoms with Crippen molar-refractivity contribution < 1.29 is 0 Å². The quantitative estimate of drug-likeness (QED) is 0.668. The van der Waals surface area contributed by atoms with Crippen molar-refractivity contribution in [3.63, 3.8) is 0 Å². The van der Waals surface area contributed by atoms with Crippen LogP contribution in [0, 0.1) is 0 Å². The molecular formula is C21H28N6O. The van der Waals surface area contributed by atoms with E-state index in [1.54, 1.807) is 6.20 Å². The first-order chi connectivity index (χ1) is 13.7. The minimum atomic E-state index is -0.0635. The number of piperidine rings is 1. The Kier molecular flexibility index (Phi) is 5.83. The second-order valence-electron chi connectivity index (χ2n) is 7.62. The van der Waals surface area contributed by atoms with Gasteiger partial charge >= 0.3 is 0 Å². The number of amidine groups is 1. The molecule has 28 heavy (non-hydrogen) atoms. The Balaban J connectivity index is 1.38. The Morgan fingerprint density at radius 3 is 2.79 bits per heavy atom. The molecule has 0 amide bonds. The Morgan fingerprint density at radius 2 is 2.04 bits per heavy atom. The van der Waals surface area contributed by atoms with Crippen molar-refractivity contribution in [1.82, 2.24) is 14.9 Å². The van der Waals surface area contributed by atoms with Gasteiger partial charge in [0.25, 0.3) is 5.56 Å². The molecule has 4 rings (SSSR count). The van der Waals surface area contributed by atoms with E-state index in [-0.39, 0.29) is 11.5 Å². The lowest BCUT2D eigenvalue weighted by Crippen LogP contribution is -2.35. The van der Waals surface area contributed by atoms with E-state index in [9.17, 15) is 4.79 Å². The van der Waals surface area contributed by atoms with Gasteiger partial charge in [-0.25, -0.2) is 4.98 Å². The van der Waals surface area contributed by atoms with Gasteiger partial charge in [-0.2, -0.15) is 4.99 Å². The van der Waals surface area contributed by atoms with Crippen LogP contribution in [-0.2, 0) is 6.42 Å². The number of nitrogens with two attached hydrogens (primary N) is 1. The highest BCUT2D eigenvalue weighted by Crippen LogP contribution is 2.26. The summed E-state index contributed by atoms with van der Waals surface area (Å²) in [7, 11) is 0. The molecule has 4 N–H and O–H groups in total. The Labute approximate surface area is 165 Å². The summed E-state index contributed by atoms with van der Waals surface area (Å²) in [4.78, 5) is 26.8. The van der Waals surface area contributed by atoms with E-state index < -0.39 is 0 Å². The number of H-pyrrole nitrogens is 1. The van der Waals surface area contributed by atoms with E-state index in [2.05, 4.69) is 31.2 Å². The number of benzene rings is 1. The van der Waals surface area contributed by atoms with Crippen LogP contribution in [0.2, 0.25) is 0 Å². The van der Waals surface area contributed by atoms with Gasteiger partial charge in [-0.1, -0.05) is 18.2 Å². The van der Waals surface area contributed by atoms with Crippen LogP contribution in [0.3, 0.4) is 0 Å². The van der Waals surface area contributed by atoms with Gasteiger partial charge in [-0.3, -0.25) is 9.78 Å². The molecule has 1 fully saturated rings. The van der Waals surface area contributed by atoms with Gasteiger partial charge in [0.2, 0.25) is 5.95 Å². The first-order valence-electron chi connectivity index (χ1n) is 10.2. The van der Waals surface area contributed by atoms with E-state index in [1.165, 1.54) is 5.56 Å². The van der Waals surface area contributed by atoms with Crippen LogP contribution in [0.1, 0.15) is 42.7 Å². The van der Waals surface area contributed by atoms with Gasteiger partial charge in [0.05, 0.1) is 0 Å². The van der Waals surface area contributed by atoms with Crippen LogP contribution in [0.15, 0.2) is 40.2 Å². The lowest BCUT2D eigenvalue weighted by Gasteiger charge is -2.31. The van der Waals surface area contributed by atoms with E-state index in [1.807, 2.05) is 18.2 Å². The van der Waals surface area contributed by atoms with E-state index in [4.69, 9.17) is 5.73 Å². The topological polar surface area (TPSA) is 99.4 Å². The van der Waals surface area contributed by atoms with E-state index in [0.29, 0.717) is 5.95 Å². The average molecular weight is 380 g/mol. The Hall–Kier alpha value is -2.51. The maximum Gasteiger partial charge on any atom is 0.255 e. The van der Waals surface area contributed by atoms with E-state index in [0.717, 1.165) is 75.4 Å². The van der Waals surface area contributed by atoms with Crippen molar-refractivity contribution in [3.8, 4) is 0 Å². The molecule has 0 atom stereocenters. The number of unbranched alkanes of at least 4 members (excludes halogenated alkanes) is 1. The van der Waals surface area contributed by atoms with Crippen molar-refractivity contribution in [2.45, 2.75) is 38.0 Å². The molecule has 0 spiro atoms. The van der Waals surface area contributed by atoms with Crippen LogP contribution < -0.4 is 16.6 Å². The molecular weight excluding hydrogens is 352 g/mol. The smallest absolute Gasteiger partial charge is 0.255 e. The van der Waals surface area contributed by atoms with Crippen LogP contribution in [-0.4, -0.2) is 46.9 Å². The maximum absolute atomic E-state index is 12.6. The number of hydrogen-bond donors (Lipinski definition) is 3. The summed E-state index contributed by atoms with van der Waals surface area (Å²) in [6.07, 6.45) is 6.67. The van der Waals surface area contributed by atoms with Gasteiger partial charge in [0.15, 0.2) is 0 Å². The van der Waals surface area contributed by atoms with Gasteiger partial charge in [-0.15, -0.1) is 0 Å². The molecule has 1 saturated heterocycles. The first kappa shape index (κ1) is 18.8. The zero-order valence-corrected chi connectivity index (χ0v) is 16.2. The molecule has 0 bridgehead atoms. The molecule has 7 nitrogen and oxygen atoms in total. The van der Waals surface area contributed by atoms with Crippen molar-refractivity contribution in [2.75, 3.05) is 31.5 Å². The molecule has 2 aliphatic rings. The van der Waals surface area contributed by atoms with Crippen molar-refractivity contribution >= 4 is 17.5 Å². The summed E-state index contributed by atoms with van der Waals surface area (Å²) < 4.78 is 0. The third kappa shape index (κ3) is 4.31. The lowest BCUT2D eigenvalue weighted by atomic mass is 9.91. The minimum absolute atomic E-state index is 0.0635. The van der Waals surface area contributed by atoms with Crippen molar-refractivity contribution in [3.05, 3.63) is 51.9 Å². The minimum Gasteiger partial charge on any atom is -0.343 e. The molecule has 3 heterocycles. The van der Waals surface area contributed by atoms with Crippen molar-refractivity contribution in [2.24, 2.45) is 10.7 Å². The highest BCUT2D eigenvalue weighted by molar-refractivity contribution is 6.03. The standard InChI is InChI=1S/C21H28N6O/c22-9-3-4-10-27-11-7-15(8-12-27)17-14-23-21(26-20(17)28)25-19-13-16-5-1-2-6-18(16)24-19/h1-2,5-6,14-15H,3-4,7-13,22H2,(H2,23,24,25,26,28). The number of hydrogen-bond acceptors (Lipinski definition) is 5. The number of rotatable bonds is 6. The number of para-hydroxylation sites is 1. The molecule has 1 aromatic heterocycles. The van der Waals surface area contributed by atoms with Crippen LogP contribution >= 0.6 is 0 Å². The number of nitrogens with one attached hydrogen (secondary N) is 2. The summed E-state index contributed by atoms with van der Waals surface area (Å²) in [5, 5.41) is 3.28. The summed E-state index contributed by atoms with van der Waals surface area (Å²) in [6.45, 7) is 3.92. The highest BCUT2D eigenvalue weighted by atomic mass is 16.1. The zero-order valence-electron chi connectivity index (χ0n) is 16.2. The summed E-state index contributed by atoms with van der Waals surface area (Å²) in [6, 6.07) is 8.11. The fourth-order valence-corrected chi connectivity index (χ4v) is 4.06. The largest absolute Gasteiger partial charge is 0.343 e. The lowest BCUT2D eigenvalue weighted by molar-refractivity contribution is 0.208. The third-order valence-electron chi connectivity index (χ3n) is 5.66. The molecule has 0 unspecified atom stereocenters. The molecule has 0 saturated carbocycles. The molecule has 148 valence electrons. The fraction of sp³-hybridized carbons (Fsp3) is 0.476. The van der Waals surface area contributed by atoms with Crippen LogP contribution in [0.25, 0.3) is 0 Å². The first-order valence-corrected chi connectivity index (χ1v) is 10.2. The third-order valence-corrected chi connectivity index (χ3v) is 5.66. The molecule has 0 radical (unpaired) electrons. The maximum atomic E-state index is 12.6. The number of aromatic nitrogens is 2. The molecule has 7 heteroatoms. The Morgan fingerprint density at radius 1 is 1.21 bits per heavy atom. The predicted octanol–water partition coefficient (Wildman–Crippen LogP) is 2.39. The number of nitrogens with zero attached hydrogens (tertiary/aromatic N) is 3. The Bertz CT molecular complexity index is 871. The van der Waals surface area contributed by atoms with Gasteiger partial charge < -0.3 is 16.0 Å². The molecule has 0 aliphatic carbocycles. The second kappa shape index (κ2) is 8.67. The van der Waals surface area contributed by atoms with Crippen molar-refractivity contribution in [1.29, 1.82) is 0 Å². The van der Waals surface area contributed by atoms with Crippen LogP contribution in [0.5, 0.6) is 0 Å². The average Bonchev–Trinajstić information content (AvgIpc) is 3.11. The van der Waals surface area contributed by atoms with Gasteiger partial charge in [-0.05, 0) is 69.4 Å². The highest BCUT2D eigenvalue weighted by Gasteiger charge is 2.23. The van der Waals surface area contributed by atoms with Crippen LogP contribution in [0.4, 0.5) is 11.6 Å². The number of aromatic amines is 1. The normalized spacial score (nSPS) is 19.0. The van der Waals surface area contributed by atoms with Gasteiger partial charge in [0.1, 0.15) is 5.84 Å². The summed E-state index contributed by atoms with van der Waals surface area (Å²) in [5.41, 5.74) is 8.56. The number of likely N-dealkylation sites (tertiary alicyclic amines) is 1. The fourth-order valence-electron chi connectivity index (χ4n) is 4.06. The predicted molar refractivity (Wildman–Crippen MR) is 112 cm³/mol. The molecule has 1 aromatic carbocycles. The monoisotopic (exact) mass is 380 g/mol. The van der Waals surface area contributed by atoms with Gasteiger partial charge in [0, 0.05) is 23.9 Å². The number of anilines is 1.